The van der Waals surface area contributed by atoms with Gasteiger partial charge in [0, 0.05) is 0 Å². The molecule has 1 saturated heterocycles. The lowest BCUT2D eigenvalue weighted by molar-refractivity contribution is -0.132. The van der Waals surface area contributed by atoms with E-state index in [0.717, 1.165) is 0 Å². The minimum Gasteiger partial charge on any atom is -0.843 e. The minimum absolute atomic E-state index is 0.877. The molecule has 2 nitrogen and oxygen atoms in total. The molecule has 1 aliphatic rings. The molecule has 0 amide bonds. The molecule has 0 aromatic heterocycles. The van der Waals surface area contributed by atoms with Crippen LogP contribution in [0.25, 0.3) is 0 Å². The summed E-state index contributed by atoms with van der Waals surface area (Å²) in [6, 6.07) is 65.0. The number of halogens is 10. The highest BCUT2D eigenvalue weighted by Gasteiger charge is 2.87. The molecule has 1 aliphatic heterocycles. The maximum atomic E-state index is 12.3. The van der Waals surface area contributed by atoms with Crippen molar-refractivity contribution < 1.29 is 51.4 Å². The summed E-state index contributed by atoms with van der Waals surface area (Å²) < 4.78 is 116. The molecule has 0 saturated carbocycles. The molecule has 6 aromatic rings. The van der Waals surface area contributed by atoms with E-state index >= 15 is 0 Å². The second-order valence-electron chi connectivity index (χ2n) is 11.9. The van der Waals surface area contributed by atoms with E-state index in [1.807, 2.05) is 0 Å². The van der Waals surface area contributed by atoms with Crippen molar-refractivity contribution in [1.82, 2.24) is 0 Å². The van der Waals surface area contributed by atoms with E-state index in [2.05, 4.69) is 182 Å². The Balaban J connectivity index is 0.000000157. The molecule has 0 N–H and O–H groups in total. The van der Waals surface area contributed by atoms with Gasteiger partial charge in [0.2, 0.25) is 0 Å². The fourth-order valence-corrected chi connectivity index (χ4v) is 11.1. The van der Waals surface area contributed by atoms with Crippen molar-refractivity contribution in [3.63, 3.8) is 0 Å². The lowest BCUT2D eigenvalue weighted by Gasteiger charge is -2.74. The van der Waals surface area contributed by atoms with Crippen LogP contribution in [0.5, 0.6) is 0 Å². The van der Waals surface area contributed by atoms with Crippen LogP contribution in [0.1, 0.15) is 0 Å². The van der Waals surface area contributed by atoms with Gasteiger partial charge in [0.25, 0.3) is 0 Å². The molecule has 0 unspecified atom stereocenters. The quantitative estimate of drug-likeness (QED) is 0.0629. The summed E-state index contributed by atoms with van der Waals surface area (Å²) >= 11 is 0. The highest BCUT2D eigenvalue weighted by molar-refractivity contribution is 7.80. The van der Waals surface area contributed by atoms with E-state index in [-0.39, 0.29) is 0 Å². The maximum absolute atomic E-state index is 12.3. The van der Waals surface area contributed by atoms with E-state index in [1.165, 1.54) is 31.8 Å². The minimum atomic E-state index is -7.00. The molecule has 0 spiro atoms. The second kappa shape index (κ2) is 17.4. The Morgan fingerprint density at radius 1 is 0.296 bits per heavy atom. The Morgan fingerprint density at radius 2 is 0.444 bits per heavy atom. The van der Waals surface area contributed by atoms with Crippen LogP contribution in [0.2, 0.25) is 0 Å². The molecule has 7 rings (SSSR count). The zero-order valence-corrected chi connectivity index (χ0v) is 30.2. The van der Waals surface area contributed by atoms with Crippen molar-refractivity contribution in [2.24, 2.45) is 0 Å². The summed E-state index contributed by atoms with van der Waals surface area (Å²) in [7, 11) is -29.1. The van der Waals surface area contributed by atoms with Gasteiger partial charge in [-0.15, -0.1) is 0 Å². The molecule has 280 valence electrons. The Morgan fingerprint density at radius 3 is 0.574 bits per heavy atom. The van der Waals surface area contributed by atoms with Crippen molar-refractivity contribution in [3.8, 4) is 0 Å². The fourth-order valence-electron chi connectivity index (χ4n) is 5.92. The van der Waals surface area contributed by atoms with Gasteiger partial charge in [-0.3, -0.25) is 0 Å². The van der Waals surface area contributed by atoms with Crippen LogP contribution in [-0.4, -0.2) is 28.6 Å². The normalized spacial score (nSPS) is 15.3. The first-order valence-corrected chi connectivity index (χ1v) is 19.6. The van der Waals surface area contributed by atoms with E-state index in [1.54, 1.807) is 0 Å². The molecule has 18 heteroatoms. The molecule has 0 aliphatic carbocycles. The van der Waals surface area contributed by atoms with Crippen LogP contribution in [0.4, 0.5) is 43.2 Å². The molecule has 0 atom stereocenters. The Bertz CT molecular complexity index is 1680. The summed E-state index contributed by atoms with van der Waals surface area (Å²) in [4.78, 5) is 0. The Kier molecular flexibility index (Phi) is 13.2. The number of hydrogen-bond donors (Lipinski definition) is 0. The zero-order valence-electron chi connectivity index (χ0n) is 28.2. The Labute approximate surface area is 309 Å². The van der Waals surface area contributed by atoms with Crippen molar-refractivity contribution >= 4 is 76.2 Å². The highest BCUT2D eigenvalue weighted by atomic mass is 31.1. The van der Waals surface area contributed by atoms with Crippen LogP contribution in [0.15, 0.2) is 182 Å². The van der Waals surface area contributed by atoms with E-state index < -0.39 is 52.7 Å². The zero-order chi connectivity index (χ0) is 39.0. The number of rotatable bonds is 8. The highest BCUT2D eigenvalue weighted by Crippen LogP contribution is 2.58. The van der Waals surface area contributed by atoms with Gasteiger partial charge in [-0.1, -0.05) is 109 Å². The van der Waals surface area contributed by atoms with Gasteiger partial charge in [0.05, 0.1) is 15.8 Å². The number of hydrogen-bond acceptors (Lipinski definition) is 0. The van der Waals surface area contributed by atoms with Crippen LogP contribution in [0, 0.1) is 0 Å². The van der Waals surface area contributed by atoms with Crippen molar-refractivity contribution in [2.75, 3.05) is 0 Å². The molecule has 6 aromatic carbocycles. The molecule has 1 heterocycles. The lowest BCUT2D eigenvalue weighted by atomic mass is 9.77. The van der Waals surface area contributed by atoms with Crippen molar-refractivity contribution in [2.45, 2.75) is 0 Å². The predicted octanol–water partition coefficient (Wildman–Crippen LogP) is 8.90. The summed E-state index contributed by atoms with van der Waals surface area (Å²) in [6.07, 6.45) is 0. The lowest BCUT2D eigenvalue weighted by Crippen LogP contribution is -2.85. The van der Waals surface area contributed by atoms with Gasteiger partial charge in [0.1, 0.15) is 31.8 Å². The molecule has 0 radical (unpaired) electrons. The van der Waals surface area contributed by atoms with Crippen LogP contribution in [0.3, 0.4) is 0 Å². The van der Waals surface area contributed by atoms with Gasteiger partial charge in [-0.25, -0.2) is 0 Å². The summed E-state index contributed by atoms with van der Waals surface area (Å²) in [5.41, 5.74) is 0. The predicted molar refractivity (Wildman–Crippen MR) is 209 cm³/mol. The third-order valence-corrected chi connectivity index (χ3v) is 13.7. The summed E-state index contributed by atoms with van der Waals surface area (Å²) in [5.74, 6) is 0. The largest absolute Gasteiger partial charge is 0.843 e. The third kappa shape index (κ3) is 9.66. The van der Waals surface area contributed by atoms with Crippen molar-refractivity contribution in [3.05, 3.63) is 182 Å². The first-order chi connectivity index (χ1) is 25.6. The third-order valence-electron chi connectivity index (χ3n) is 8.26. The van der Waals surface area contributed by atoms with Crippen LogP contribution in [-0.2, 0) is 8.24 Å². The second-order valence-corrected chi connectivity index (χ2v) is 16.8. The first kappa shape index (κ1) is 40.8. The first-order valence-electron chi connectivity index (χ1n) is 16.6. The topological polar surface area (TPSA) is 5.40 Å². The molecular weight excluding hydrogens is 760 g/mol. The number of benzene rings is 6. The molecule has 0 bridgehead atoms. The molecule has 1 fully saturated rings. The summed E-state index contributed by atoms with van der Waals surface area (Å²) in [6.45, 7) is 0. The smallest absolute Gasteiger partial charge is 0.824 e. The molecular formula is C36H32B4F10O2P2. The monoisotopic (exact) mass is 792 g/mol. The van der Waals surface area contributed by atoms with E-state index in [0.29, 0.717) is 0 Å². The van der Waals surface area contributed by atoms with Gasteiger partial charge in [-0.2, -0.15) is 0 Å². The van der Waals surface area contributed by atoms with Crippen LogP contribution >= 0.6 is 15.8 Å². The van der Waals surface area contributed by atoms with Crippen molar-refractivity contribution in [1.29, 1.82) is 0 Å². The van der Waals surface area contributed by atoms with Gasteiger partial charge in [-0.05, 0) is 72.8 Å². The maximum Gasteiger partial charge on any atom is 0.824 e. The van der Waals surface area contributed by atoms with E-state index in [9.17, 15) is 43.2 Å². The van der Waals surface area contributed by atoms with Gasteiger partial charge >= 0.3 is 28.6 Å². The summed E-state index contributed by atoms with van der Waals surface area (Å²) in [5, 5.41) is 8.61. The Hall–Kier alpha value is -4.34. The van der Waals surface area contributed by atoms with Gasteiger partial charge in [0.15, 0.2) is 0 Å². The van der Waals surface area contributed by atoms with Crippen LogP contribution < -0.4 is 31.8 Å². The average molecular weight is 792 g/mol. The standard InChI is InChI=1S/2C18H15P.B4F10O2/c2*1-4-10-16(11-5-1)19(17-12-6-2-7-13-17)18-14-8-3-9-15-18;5-1(6,7)15-3(11,12)16(2(8,9)10)4(15,13)14/h2*1-15H;/q;;-2/p+2. The fraction of sp³-hybridized carbons (Fsp3) is 0. The molecule has 54 heavy (non-hydrogen) atoms. The van der Waals surface area contributed by atoms with E-state index in [4.69, 9.17) is 0 Å². The van der Waals surface area contributed by atoms with Gasteiger partial charge < -0.3 is 51.4 Å². The average Bonchev–Trinajstić information content (AvgIpc) is 3.13. The SMILES string of the molecule is F[B-](F)(F)[O+]1[B-](F)(F)[O+]([B-](F)(F)F)[B-]1(F)F.c1ccc([PH+](c2ccccc2)c2ccccc2)cc1.c1ccc([PH+](c2ccccc2)c2ccccc2)cc1.